The summed E-state index contributed by atoms with van der Waals surface area (Å²) in [5.41, 5.74) is 3.32. The first-order chi connectivity index (χ1) is 10.9. The minimum Gasteiger partial charge on any atom is -0.351 e. The van der Waals surface area contributed by atoms with Gasteiger partial charge < -0.3 is 10.2 Å². The van der Waals surface area contributed by atoms with Crippen LogP contribution in [-0.4, -0.2) is 46.3 Å². The molecule has 0 bridgehead atoms. The standard InChI is InChI=1S/C16H24N6O/c1-11-10-14(19-16(18-11)21(4)5)15(23)17-7-6-8-22-13(3)9-12(2)20-22/h9-10H,6-8H2,1-5H3,(H,17,23). The lowest BCUT2D eigenvalue weighted by Gasteiger charge is -2.12. The molecule has 0 spiro atoms. The van der Waals surface area contributed by atoms with Crippen molar-refractivity contribution in [2.45, 2.75) is 33.7 Å². The number of nitrogens with zero attached hydrogens (tertiary/aromatic N) is 5. The average molecular weight is 316 g/mol. The molecule has 2 heterocycles. The molecular weight excluding hydrogens is 292 g/mol. The lowest BCUT2D eigenvalue weighted by atomic mass is 10.3. The molecule has 0 saturated heterocycles. The Kier molecular flexibility index (Phi) is 5.31. The van der Waals surface area contributed by atoms with Gasteiger partial charge in [-0.25, -0.2) is 9.97 Å². The molecule has 124 valence electrons. The van der Waals surface area contributed by atoms with Gasteiger partial charge in [0.15, 0.2) is 0 Å². The first kappa shape index (κ1) is 16.9. The lowest BCUT2D eigenvalue weighted by molar-refractivity contribution is 0.0947. The monoisotopic (exact) mass is 316 g/mol. The minimum absolute atomic E-state index is 0.174. The van der Waals surface area contributed by atoms with Gasteiger partial charge in [0.25, 0.3) is 5.91 Å². The summed E-state index contributed by atoms with van der Waals surface area (Å²) in [5, 5.41) is 7.31. The molecule has 0 fully saturated rings. The number of hydrogen-bond acceptors (Lipinski definition) is 5. The second-order valence-corrected chi connectivity index (χ2v) is 5.85. The third-order valence-electron chi connectivity index (χ3n) is 3.41. The number of amides is 1. The number of aromatic nitrogens is 4. The quantitative estimate of drug-likeness (QED) is 0.817. The van der Waals surface area contributed by atoms with E-state index in [0.717, 1.165) is 30.0 Å². The van der Waals surface area contributed by atoms with Crippen molar-refractivity contribution in [2.75, 3.05) is 25.5 Å². The molecule has 1 N–H and O–H groups in total. The maximum absolute atomic E-state index is 12.2. The van der Waals surface area contributed by atoms with Gasteiger partial charge in [0.2, 0.25) is 5.95 Å². The molecular formula is C16H24N6O. The zero-order chi connectivity index (χ0) is 17.0. The number of hydrogen-bond donors (Lipinski definition) is 1. The highest BCUT2D eigenvalue weighted by molar-refractivity contribution is 5.92. The third-order valence-corrected chi connectivity index (χ3v) is 3.41. The van der Waals surface area contributed by atoms with E-state index < -0.39 is 0 Å². The molecule has 0 radical (unpaired) electrons. The van der Waals surface area contributed by atoms with E-state index in [1.54, 1.807) is 11.0 Å². The summed E-state index contributed by atoms with van der Waals surface area (Å²) in [5.74, 6) is 0.366. The molecule has 0 aliphatic rings. The van der Waals surface area contributed by atoms with Crippen molar-refractivity contribution in [1.29, 1.82) is 0 Å². The summed E-state index contributed by atoms with van der Waals surface area (Å²) in [6.45, 7) is 7.23. The van der Waals surface area contributed by atoms with Crippen LogP contribution in [0.4, 0.5) is 5.95 Å². The zero-order valence-corrected chi connectivity index (χ0v) is 14.4. The normalized spacial score (nSPS) is 10.7. The highest BCUT2D eigenvalue weighted by Gasteiger charge is 2.11. The fourth-order valence-electron chi connectivity index (χ4n) is 2.29. The molecule has 0 unspecified atom stereocenters. The summed E-state index contributed by atoms with van der Waals surface area (Å²) in [4.78, 5) is 22.6. The van der Waals surface area contributed by atoms with E-state index in [-0.39, 0.29) is 5.91 Å². The highest BCUT2D eigenvalue weighted by Crippen LogP contribution is 2.07. The van der Waals surface area contributed by atoms with Gasteiger partial charge in [0, 0.05) is 38.6 Å². The van der Waals surface area contributed by atoms with Crippen LogP contribution in [0.25, 0.3) is 0 Å². The molecule has 0 aliphatic heterocycles. The van der Waals surface area contributed by atoms with Gasteiger partial charge in [-0.05, 0) is 39.3 Å². The van der Waals surface area contributed by atoms with Crippen LogP contribution in [0.1, 0.15) is 34.0 Å². The molecule has 0 aliphatic carbocycles. The third kappa shape index (κ3) is 4.51. The number of anilines is 1. The maximum Gasteiger partial charge on any atom is 0.270 e. The molecule has 0 saturated carbocycles. The summed E-state index contributed by atoms with van der Waals surface area (Å²) >= 11 is 0. The number of nitrogens with one attached hydrogen (secondary N) is 1. The van der Waals surface area contributed by atoms with Gasteiger partial charge in [-0.3, -0.25) is 9.48 Å². The molecule has 2 aromatic rings. The molecule has 0 atom stereocenters. The Morgan fingerprint density at radius 2 is 1.91 bits per heavy atom. The summed E-state index contributed by atoms with van der Waals surface area (Å²) in [6.07, 6.45) is 0.818. The van der Waals surface area contributed by atoms with Crippen molar-refractivity contribution < 1.29 is 4.79 Å². The Morgan fingerprint density at radius 3 is 2.52 bits per heavy atom. The summed E-state index contributed by atoms with van der Waals surface area (Å²) in [6, 6.07) is 3.74. The Labute approximate surface area is 136 Å². The van der Waals surface area contributed by atoms with E-state index in [1.165, 1.54) is 0 Å². The second kappa shape index (κ2) is 7.21. The fourth-order valence-corrected chi connectivity index (χ4v) is 2.29. The van der Waals surface area contributed by atoms with Gasteiger partial charge in [0.1, 0.15) is 5.69 Å². The van der Waals surface area contributed by atoms with Crippen LogP contribution < -0.4 is 10.2 Å². The van der Waals surface area contributed by atoms with E-state index >= 15 is 0 Å². The molecule has 23 heavy (non-hydrogen) atoms. The van der Waals surface area contributed by atoms with Crippen molar-refractivity contribution in [3.05, 3.63) is 34.9 Å². The number of carbonyl (C=O) groups excluding carboxylic acids is 1. The van der Waals surface area contributed by atoms with Gasteiger partial charge in [-0.15, -0.1) is 0 Å². The average Bonchev–Trinajstić information content (AvgIpc) is 2.80. The van der Waals surface area contributed by atoms with Crippen LogP contribution in [0.15, 0.2) is 12.1 Å². The molecule has 7 heteroatoms. The number of carbonyl (C=O) groups is 1. The van der Waals surface area contributed by atoms with E-state index in [9.17, 15) is 4.79 Å². The van der Waals surface area contributed by atoms with E-state index in [0.29, 0.717) is 18.2 Å². The lowest BCUT2D eigenvalue weighted by Crippen LogP contribution is -2.27. The van der Waals surface area contributed by atoms with Crippen molar-refractivity contribution in [1.82, 2.24) is 25.1 Å². The predicted molar refractivity (Wildman–Crippen MR) is 89.7 cm³/mol. The topological polar surface area (TPSA) is 75.9 Å². The fraction of sp³-hybridized carbons (Fsp3) is 0.500. The van der Waals surface area contributed by atoms with Crippen LogP contribution in [0.3, 0.4) is 0 Å². The summed E-state index contributed by atoms with van der Waals surface area (Å²) in [7, 11) is 3.70. The Balaban J connectivity index is 1.89. The second-order valence-electron chi connectivity index (χ2n) is 5.85. The molecule has 2 rings (SSSR count). The van der Waals surface area contributed by atoms with Crippen LogP contribution in [0, 0.1) is 20.8 Å². The van der Waals surface area contributed by atoms with Crippen molar-refractivity contribution in [3.8, 4) is 0 Å². The zero-order valence-electron chi connectivity index (χ0n) is 14.4. The molecule has 0 aromatic carbocycles. The van der Waals surface area contributed by atoms with Crippen molar-refractivity contribution in [3.63, 3.8) is 0 Å². The molecule has 7 nitrogen and oxygen atoms in total. The van der Waals surface area contributed by atoms with Gasteiger partial charge in [-0.1, -0.05) is 0 Å². The van der Waals surface area contributed by atoms with Crippen molar-refractivity contribution in [2.24, 2.45) is 0 Å². The molecule has 1 amide bonds. The van der Waals surface area contributed by atoms with Crippen LogP contribution in [-0.2, 0) is 6.54 Å². The first-order valence-corrected chi connectivity index (χ1v) is 7.69. The van der Waals surface area contributed by atoms with Crippen LogP contribution in [0.2, 0.25) is 0 Å². The smallest absolute Gasteiger partial charge is 0.270 e. The largest absolute Gasteiger partial charge is 0.351 e. The highest BCUT2D eigenvalue weighted by atomic mass is 16.1. The van der Waals surface area contributed by atoms with Crippen molar-refractivity contribution >= 4 is 11.9 Å². The molecule has 2 aromatic heterocycles. The van der Waals surface area contributed by atoms with Gasteiger partial charge in [-0.2, -0.15) is 5.10 Å². The van der Waals surface area contributed by atoms with Gasteiger partial charge in [0.05, 0.1) is 5.69 Å². The number of aryl methyl sites for hydroxylation is 4. The van der Waals surface area contributed by atoms with E-state index in [4.69, 9.17) is 0 Å². The Morgan fingerprint density at radius 1 is 1.17 bits per heavy atom. The van der Waals surface area contributed by atoms with Crippen LogP contribution in [0.5, 0.6) is 0 Å². The Bertz CT molecular complexity index is 692. The van der Waals surface area contributed by atoms with E-state index in [1.807, 2.05) is 45.6 Å². The SMILES string of the molecule is Cc1cc(C(=O)NCCCn2nc(C)cc2C)nc(N(C)C)n1. The minimum atomic E-state index is -0.174. The van der Waals surface area contributed by atoms with E-state index in [2.05, 4.69) is 20.4 Å². The van der Waals surface area contributed by atoms with Gasteiger partial charge >= 0.3 is 0 Å². The summed E-state index contributed by atoms with van der Waals surface area (Å²) < 4.78 is 1.96. The Hall–Kier alpha value is -2.44. The maximum atomic E-state index is 12.2. The van der Waals surface area contributed by atoms with Crippen LogP contribution >= 0.6 is 0 Å². The first-order valence-electron chi connectivity index (χ1n) is 7.69. The predicted octanol–water partition coefficient (Wildman–Crippen LogP) is 1.48. The number of rotatable bonds is 6.